The molecular weight excluding hydrogens is 202 g/mol. The van der Waals surface area contributed by atoms with Crippen LogP contribution in [0.2, 0.25) is 0 Å². The first-order valence-electron chi connectivity index (χ1n) is 6.31. The van der Waals surface area contributed by atoms with Gasteiger partial charge in [0.2, 0.25) is 0 Å². The van der Waals surface area contributed by atoms with E-state index in [1.54, 1.807) is 0 Å². The second kappa shape index (κ2) is 3.30. The van der Waals surface area contributed by atoms with Crippen molar-refractivity contribution in [2.24, 2.45) is 11.8 Å². The van der Waals surface area contributed by atoms with Crippen LogP contribution in [0.1, 0.15) is 38.5 Å². The van der Waals surface area contributed by atoms with Crippen LogP contribution in [0.25, 0.3) is 0 Å². The molecule has 16 heavy (non-hydrogen) atoms. The van der Waals surface area contributed by atoms with E-state index < -0.39 is 5.60 Å². The third-order valence-corrected chi connectivity index (χ3v) is 4.69. The number of rotatable bonds is 3. The first kappa shape index (κ1) is 10.7. The van der Waals surface area contributed by atoms with Gasteiger partial charge in [-0.2, -0.15) is 0 Å². The van der Waals surface area contributed by atoms with E-state index >= 15 is 0 Å². The minimum atomic E-state index is -0.443. The number of Topliss-reactive ketones (excluding diaryl/α,β-unsaturated/α-hetero) is 1. The Kier molecular flexibility index (Phi) is 2.21. The fourth-order valence-corrected chi connectivity index (χ4v) is 4.71. The van der Waals surface area contributed by atoms with Gasteiger partial charge in [-0.05, 0) is 50.4 Å². The van der Waals surface area contributed by atoms with Crippen LogP contribution in [0.15, 0.2) is 0 Å². The molecule has 2 unspecified atom stereocenters. The van der Waals surface area contributed by atoms with Crippen molar-refractivity contribution < 1.29 is 9.90 Å². The van der Waals surface area contributed by atoms with E-state index in [1.165, 1.54) is 6.42 Å². The first-order chi connectivity index (χ1) is 7.49. The van der Waals surface area contributed by atoms with Crippen LogP contribution in [0.4, 0.5) is 0 Å². The van der Waals surface area contributed by atoms with E-state index in [1.807, 2.05) is 0 Å². The van der Waals surface area contributed by atoms with E-state index in [2.05, 4.69) is 12.2 Å². The Morgan fingerprint density at radius 2 is 1.94 bits per heavy atom. The van der Waals surface area contributed by atoms with Crippen molar-refractivity contribution in [2.75, 3.05) is 6.54 Å². The van der Waals surface area contributed by atoms with Gasteiger partial charge in [-0.25, -0.2) is 0 Å². The lowest BCUT2D eigenvalue weighted by Crippen LogP contribution is -2.64. The van der Waals surface area contributed by atoms with Gasteiger partial charge in [-0.3, -0.25) is 4.79 Å². The number of hydrogen-bond donors (Lipinski definition) is 2. The van der Waals surface area contributed by atoms with Gasteiger partial charge < -0.3 is 10.4 Å². The van der Waals surface area contributed by atoms with Gasteiger partial charge in [-0.15, -0.1) is 0 Å². The molecule has 0 aromatic heterocycles. The van der Waals surface area contributed by atoms with Gasteiger partial charge in [0.25, 0.3) is 0 Å². The lowest BCUT2D eigenvalue weighted by molar-refractivity contribution is -0.143. The molecule has 0 saturated heterocycles. The fourth-order valence-electron chi connectivity index (χ4n) is 4.71. The average molecular weight is 222 g/mol. The fraction of sp³-hybridized carbons (Fsp3) is 0.846. The summed E-state index contributed by atoms with van der Waals surface area (Å²) in [7, 11) is 0. The van der Waals surface area contributed by atoms with Crippen LogP contribution in [0.3, 0.4) is 0 Å². The highest BCUT2D eigenvalue weighted by Gasteiger charge is 2.56. The first-order valence-corrected chi connectivity index (χ1v) is 6.31. The number of ketones is 1. The minimum absolute atomic E-state index is 0.0339. The normalized spacial score (nSPS) is 49.6. The number of aliphatic hydroxyl groups is 1. The van der Waals surface area contributed by atoms with Crippen molar-refractivity contribution in [2.45, 2.75) is 49.7 Å². The summed E-state index contributed by atoms with van der Waals surface area (Å²) in [5, 5.41) is 13.9. The zero-order valence-electron chi connectivity index (χ0n) is 9.67. The lowest BCUT2D eigenvalue weighted by Gasteiger charge is -2.60. The van der Waals surface area contributed by atoms with Crippen LogP contribution < -0.4 is 5.32 Å². The largest absolute Gasteiger partial charge is 0.390 e. The molecule has 0 aromatic carbocycles. The number of nitrogens with one attached hydrogen (secondary N) is 1. The van der Waals surface area contributed by atoms with E-state index in [0.717, 1.165) is 32.1 Å². The Hall–Kier alpha value is -0.410. The molecule has 1 radical (unpaired) electrons. The topological polar surface area (TPSA) is 49.3 Å². The number of carbonyl (C=O) groups is 1. The Morgan fingerprint density at radius 3 is 2.44 bits per heavy atom. The molecule has 3 nitrogen and oxygen atoms in total. The highest BCUT2D eigenvalue weighted by Crippen LogP contribution is 2.57. The predicted molar refractivity (Wildman–Crippen MR) is 60.7 cm³/mol. The van der Waals surface area contributed by atoms with Crippen LogP contribution in [-0.4, -0.2) is 28.6 Å². The minimum Gasteiger partial charge on any atom is -0.390 e. The summed E-state index contributed by atoms with van der Waals surface area (Å²) >= 11 is 0. The third-order valence-electron chi connectivity index (χ3n) is 4.69. The maximum absolute atomic E-state index is 11.0. The molecule has 0 aromatic rings. The summed E-state index contributed by atoms with van der Waals surface area (Å²) < 4.78 is 0. The highest BCUT2D eigenvalue weighted by atomic mass is 16.3. The quantitative estimate of drug-likeness (QED) is 0.751. The molecule has 2 atom stereocenters. The van der Waals surface area contributed by atoms with Crippen molar-refractivity contribution in [3.05, 3.63) is 6.92 Å². The summed E-state index contributed by atoms with van der Waals surface area (Å²) in [6.45, 7) is 3.77. The molecular formula is C13H20NO2. The molecule has 0 heterocycles. The van der Waals surface area contributed by atoms with Gasteiger partial charge in [0.15, 0.2) is 0 Å². The molecule has 0 amide bonds. The van der Waals surface area contributed by atoms with Crippen molar-refractivity contribution in [3.8, 4) is 0 Å². The molecule has 2 N–H and O–H groups in total. The predicted octanol–water partition coefficient (Wildman–Crippen LogP) is 1.06. The van der Waals surface area contributed by atoms with Gasteiger partial charge in [-0.1, -0.05) is 0 Å². The van der Waals surface area contributed by atoms with Gasteiger partial charge in [0.1, 0.15) is 5.78 Å². The Balaban J connectivity index is 1.78. The summed E-state index contributed by atoms with van der Waals surface area (Å²) in [5.74, 6) is 1.28. The molecule has 4 bridgehead atoms. The highest BCUT2D eigenvalue weighted by molar-refractivity contribution is 5.84. The standard InChI is InChI=1S/C13H20NO2/c1-9(15)7-14-12-3-10-2-11(4-12)6-13(16,5-10)8-12/h10-11,14,16H,1-8H2. The molecule has 3 heteroatoms. The van der Waals surface area contributed by atoms with Gasteiger partial charge in [0.05, 0.1) is 12.1 Å². The monoisotopic (exact) mass is 222 g/mol. The van der Waals surface area contributed by atoms with Gasteiger partial charge >= 0.3 is 0 Å². The number of carbonyl (C=O) groups excluding carboxylic acids is 1. The van der Waals surface area contributed by atoms with Crippen LogP contribution >= 0.6 is 0 Å². The Morgan fingerprint density at radius 1 is 1.31 bits per heavy atom. The lowest BCUT2D eigenvalue weighted by atomic mass is 9.51. The summed E-state index contributed by atoms with van der Waals surface area (Å²) in [4.78, 5) is 11.0. The van der Waals surface area contributed by atoms with E-state index in [4.69, 9.17) is 0 Å². The van der Waals surface area contributed by atoms with Crippen LogP contribution in [0, 0.1) is 18.8 Å². The SMILES string of the molecule is [CH2]C(=O)CNC12CC3CC(CC(O)(C3)C1)C2. The summed E-state index contributed by atoms with van der Waals surface area (Å²) in [5.41, 5.74) is -0.409. The summed E-state index contributed by atoms with van der Waals surface area (Å²) in [6.07, 6.45) is 6.35. The maximum Gasteiger partial charge on any atom is 0.147 e. The smallest absolute Gasteiger partial charge is 0.147 e. The Bertz CT molecular complexity index is 312. The number of hydrogen-bond acceptors (Lipinski definition) is 3. The van der Waals surface area contributed by atoms with E-state index in [-0.39, 0.29) is 11.3 Å². The Labute approximate surface area is 96.6 Å². The molecule has 0 aliphatic heterocycles. The summed E-state index contributed by atoms with van der Waals surface area (Å²) in [6, 6.07) is 0. The van der Waals surface area contributed by atoms with Crippen LogP contribution in [-0.2, 0) is 4.79 Å². The maximum atomic E-state index is 11.0. The van der Waals surface area contributed by atoms with Gasteiger partial charge in [0, 0.05) is 12.5 Å². The van der Waals surface area contributed by atoms with Crippen molar-refractivity contribution in [1.82, 2.24) is 5.32 Å². The molecule has 4 fully saturated rings. The molecule has 89 valence electrons. The van der Waals surface area contributed by atoms with E-state index in [0.29, 0.717) is 18.4 Å². The van der Waals surface area contributed by atoms with E-state index in [9.17, 15) is 9.90 Å². The third kappa shape index (κ3) is 1.70. The zero-order chi connectivity index (χ0) is 11.4. The van der Waals surface area contributed by atoms with Crippen molar-refractivity contribution >= 4 is 5.78 Å². The van der Waals surface area contributed by atoms with Crippen molar-refractivity contribution in [3.63, 3.8) is 0 Å². The zero-order valence-corrected chi connectivity index (χ0v) is 9.67. The molecule has 4 rings (SSSR count). The molecule has 4 aliphatic rings. The molecule has 4 saturated carbocycles. The average Bonchev–Trinajstić information content (AvgIpc) is 2.10. The molecule has 0 spiro atoms. The second-order valence-electron chi connectivity index (χ2n) is 6.36. The second-order valence-corrected chi connectivity index (χ2v) is 6.36. The van der Waals surface area contributed by atoms with Crippen LogP contribution in [0.5, 0.6) is 0 Å². The molecule has 4 aliphatic carbocycles. The van der Waals surface area contributed by atoms with Crippen molar-refractivity contribution in [1.29, 1.82) is 0 Å².